The third-order valence-corrected chi connectivity index (χ3v) is 3.70. The maximum Gasteiger partial charge on any atom is 0.300 e. The van der Waals surface area contributed by atoms with Gasteiger partial charge in [0.2, 0.25) is 0 Å². The van der Waals surface area contributed by atoms with Crippen molar-refractivity contribution >= 4 is 44.9 Å². The molecule has 1 N–H and O–H groups in total. The zero-order valence-corrected chi connectivity index (χ0v) is 7.10. The molecule has 0 spiro atoms. The van der Waals surface area contributed by atoms with Crippen LogP contribution in [0.5, 0.6) is 0 Å². The lowest BCUT2D eigenvalue weighted by Crippen LogP contribution is -2.27. The van der Waals surface area contributed by atoms with Crippen molar-refractivity contribution in [1.82, 2.24) is 0 Å². The molecule has 3 nitrogen and oxygen atoms in total. The summed E-state index contributed by atoms with van der Waals surface area (Å²) >= 11 is 15.0. The van der Waals surface area contributed by atoms with Crippen LogP contribution in [0.25, 0.3) is 0 Å². The molecule has 0 unspecified atom stereocenters. The monoisotopic (exact) mass is 212 g/mol. The molecule has 7 heteroatoms. The minimum atomic E-state index is -4.45. The normalized spacial score (nSPS) is 13.8. The van der Waals surface area contributed by atoms with Crippen LogP contribution in [0.3, 0.4) is 0 Å². The molecule has 0 aliphatic carbocycles. The van der Waals surface area contributed by atoms with Crippen LogP contribution in [-0.2, 0) is 10.1 Å². The topological polar surface area (TPSA) is 54.4 Å². The molecule has 0 amide bonds. The summed E-state index contributed by atoms with van der Waals surface area (Å²) in [5.74, 6) is -0.574. The molecule has 0 aliphatic heterocycles. The van der Waals surface area contributed by atoms with Crippen molar-refractivity contribution in [2.24, 2.45) is 0 Å². The average molecular weight is 213 g/mol. The minimum Gasteiger partial charge on any atom is -0.283 e. The second-order valence-electron chi connectivity index (χ2n) is 1.25. The van der Waals surface area contributed by atoms with Gasteiger partial charge < -0.3 is 0 Å². The van der Waals surface area contributed by atoms with E-state index in [1.165, 1.54) is 0 Å². The molecule has 0 aliphatic rings. The van der Waals surface area contributed by atoms with E-state index in [2.05, 4.69) is 0 Å². The third kappa shape index (κ3) is 2.47. The highest BCUT2D eigenvalue weighted by atomic mass is 35.5. The summed E-state index contributed by atoms with van der Waals surface area (Å²) < 4.78 is 26.1. The fourth-order valence-corrected chi connectivity index (χ4v) is 0.620. The smallest absolute Gasteiger partial charge is 0.283 e. The number of hydrogen-bond donors (Lipinski definition) is 1. The Hall–Kier alpha value is 0.780. The van der Waals surface area contributed by atoms with Crippen molar-refractivity contribution < 1.29 is 13.0 Å². The molecule has 0 aromatic rings. The highest BCUT2D eigenvalue weighted by molar-refractivity contribution is 7.90. The highest BCUT2D eigenvalue weighted by Crippen LogP contribution is 2.27. The van der Waals surface area contributed by atoms with Gasteiger partial charge in [-0.05, 0) is 0 Å². The molecule has 0 fully saturated rings. The van der Waals surface area contributed by atoms with Crippen LogP contribution in [0.2, 0.25) is 0 Å². The Morgan fingerprint density at radius 2 is 1.78 bits per heavy atom. The molecule has 0 aromatic carbocycles. The van der Waals surface area contributed by atoms with Crippen molar-refractivity contribution in [2.45, 2.75) is 3.67 Å². The fourth-order valence-electron chi connectivity index (χ4n) is 0.0689. The van der Waals surface area contributed by atoms with Gasteiger partial charge in [-0.2, -0.15) is 8.42 Å². The zero-order chi connectivity index (χ0) is 7.71. The van der Waals surface area contributed by atoms with Gasteiger partial charge in [0.25, 0.3) is 3.67 Å². The van der Waals surface area contributed by atoms with Gasteiger partial charge in [0, 0.05) is 0 Å². The summed E-state index contributed by atoms with van der Waals surface area (Å²) in [5, 5.41) is 0. The summed E-state index contributed by atoms with van der Waals surface area (Å²) in [6.45, 7) is 0. The van der Waals surface area contributed by atoms with E-state index in [1.807, 2.05) is 0 Å². The van der Waals surface area contributed by atoms with Gasteiger partial charge in [-0.25, -0.2) is 0 Å². The van der Waals surface area contributed by atoms with Gasteiger partial charge in [0.05, 0.1) is 5.88 Å². The molecule has 0 heterocycles. The Morgan fingerprint density at radius 3 is 1.78 bits per heavy atom. The summed E-state index contributed by atoms with van der Waals surface area (Å²) in [4.78, 5) is 0. The van der Waals surface area contributed by atoms with Crippen LogP contribution in [0.4, 0.5) is 0 Å². The van der Waals surface area contributed by atoms with Gasteiger partial charge in [0.15, 0.2) is 0 Å². The third-order valence-electron chi connectivity index (χ3n) is 0.533. The summed E-state index contributed by atoms with van der Waals surface area (Å²) in [6, 6.07) is 0. The largest absolute Gasteiger partial charge is 0.300 e. The SMILES string of the molecule is O=S(=O)(O)C(Cl)(Cl)CCl. The summed E-state index contributed by atoms with van der Waals surface area (Å²) in [5.41, 5.74) is 0. The standard InChI is InChI=1S/C2H3Cl3O3S/c3-1-2(4,5)9(6,7)8/h1H2,(H,6,7,8). The molecule has 56 valence electrons. The van der Waals surface area contributed by atoms with E-state index >= 15 is 0 Å². The maximum atomic E-state index is 10.1. The lowest BCUT2D eigenvalue weighted by molar-refractivity contribution is 0.477. The first kappa shape index (κ1) is 9.78. The Morgan fingerprint density at radius 1 is 1.44 bits per heavy atom. The second kappa shape index (κ2) is 2.80. The molecule has 0 aromatic heterocycles. The van der Waals surface area contributed by atoms with E-state index in [-0.39, 0.29) is 0 Å². The van der Waals surface area contributed by atoms with Gasteiger partial charge >= 0.3 is 10.1 Å². The number of hydrogen-bond acceptors (Lipinski definition) is 2. The maximum absolute atomic E-state index is 10.1. The van der Waals surface area contributed by atoms with Crippen LogP contribution < -0.4 is 0 Å². The van der Waals surface area contributed by atoms with E-state index < -0.39 is 19.7 Å². The van der Waals surface area contributed by atoms with E-state index in [0.717, 1.165) is 0 Å². The highest BCUT2D eigenvalue weighted by Gasteiger charge is 2.37. The Balaban J connectivity index is 4.56. The van der Waals surface area contributed by atoms with Crippen LogP contribution in [0.15, 0.2) is 0 Å². The molecular formula is C2H3Cl3O3S. The van der Waals surface area contributed by atoms with Gasteiger partial charge in [-0.1, -0.05) is 23.2 Å². The van der Waals surface area contributed by atoms with Crippen molar-refractivity contribution in [3.8, 4) is 0 Å². The van der Waals surface area contributed by atoms with E-state index in [0.29, 0.717) is 0 Å². The Kier molecular flexibility index (Phi) is 3.04. The minimum absolute atomic E-state index is 0.574. The van der Waals surface area contributed by atoms with E-state index in [9.17, 15) is 8.42 Å². The van der Waals surface area contributed by atoms with Crippen molar-refractivity contribution in [3.63, 3.8) is 0 Å². The van der Waals surface area contributed by atoms with Crippen LogP contribution in [-0.4, -0.2) is 22.5 Å². The molecule has 0 saturated heterocycles. The molecule has 0 rings (SSSR count). The molecule has 9 heavy (non-hydrogen) atoms. The predicted octanol–water partition coefficient (Wildman–Crippen LogP) is 1.24. The lowest BCUT2D eigenvalue weighted by Gasteiger charge is -2.09. The first-order valence-electron chi connectivity index (χ1n) is 1.72. The van der Waals surface area contributed by atoms with Gasteiger partial charge in [0.1, 0.15) is 0 Å². The lowest BCUT2D eigenvalue weighted by atomic mass is 10.9. The first-order chi connectivity index (χ1) is 3.81. The molecule has 0 bridgehead atoms. The van der Waals surface area contributed by atoms with E-state index in [4.69, 9.17) is 39.4 Å². The van der Waals surface area contributed by atoms with Crippen molar-refractivity contribution in [3.05, 3.63) is 0 Å². The Labute approximate surface area is 67.6 Å². The number of rotatable bonds is 2. The molecular weight excluding hydrogens is 210 g/mol. The first-order valence-corrected chi connectivity index (χ1v) is 4.45. The number of halogens is 3. The second-order valence-corrected chi connectivity index (χ2v) is 5.09. The molecule has 0 radical (unpaired) electrons. The predicted molar refractivity (Wildman–Crippen MR) is 36.7 cm³/mol. The Bertz CT molecular complexity index is 183. The average Bonchev–Trinajstić information content (AvgIpc) is 1.64. The van der Waals surface area contributed by atoms with Crippen molar-refractivity contribution in [2.75, 3.05) is 5.88 Å². The van der Waals surface area contributed by atoms with Crippen LogP contribution in [0, 0.1) is 0 Å². The van der Waals surface area contributed by atoms with Gasteiger partial charge in [-0.15, -0.1) is 11.6 Å². The van der Waals surface area contributed by atoms with E-state index in [1.54, 1.807) is 0 Å². The van der Waals surface area contributed by atoms with Crippen LogP contribution >= 0.6 is 34.8 Å². The molecule has 0 saturated carbocycles. The quantitative estimate of drug-likeness (QED) is 0.555. The molecule has 0 atom stereocenters. The number of alkyl halides is 3. The van der Waals surface area contributed by atoms with Crippen molar-refractivity contribution in [1.29, 1.82) is 0 Å². The summed E-state index contributed by atoms with van der Waals surface area (Å²) in [6.07, 6.45) is 0. The van der Waals surface area contributed by atoms with Crippen LogP contribution in [0.1, 0.15) is 0 Å². The zero-order valence-electron chi connectivity index (χ0n) is 4.01. The summed E-state index contributed by atoms with van der Waals surface area (Å²) in [7, 11) is -4.45. The fraction of sp³-hybridized carbons (Fsp3) is 1.00. The van der Waals surface area contributed by atoms with Gasteiger partial charge in [-0.3, -0.25) is 4.55 Å².